The van der Waals surface area contributed by atoms with E-state index in [1.54, 1.807) is 32.0 Å². The number of esters is 1. The second-order valence-corrected chi connectivity index (χ2v) is 6.56. The van der Waals surface area contributed by atoms with Crippen molar-refractivity contribution >= 4 is 35.2 Å². The summed E-state index contributed by atoms with van der Waals surface area (Å²) in [5.74, 6) is -0.484. The van der Waals surface area contributed by atoms with Gasteiger partial charge in [0.1, 0.15) is 0 Å². The molecule has 0 bridgehead atoms. The normalized spacial score (nSPS) is 17.6. The molecule has 0 fully saturated rings. The van der Waals surface area contributed by atoms with Gasteiger partial charge in [-0.05, 0) is 31.9 Å². The predicted molar refractivity (Wildman–Crippen MR) is 94.0 cm³/mol. The van der Waals surface area contributed by atoms with Crippen LogP contribution in [0.25, 0.3) is 0 Å². The van der Waals surface area contributed by atoms with Crippen LogP contribution in [0.5, 0.6) is 0 Å². The summed E-state index contributed by atoms with van der Waals surface area (Å²) >= 11 is 12.4. The molecule has 0 aromatic heterocycles. The number of carbonyl (C=O) groups excluding carboxylic acids is 2. The summed E-state index contributed by atoms with van der Waals surface area (Å²) in [4.78, 5) is 24.7. The van der Waals surface area contributed by atoms with Gasteiger partial charge in [0.05, 0.1) is 27.8 Å². The molecule has 0 saturated heterocycles. The molecule has 130 valence electrons. The Morgan fingerprint density at radius 1 is 1.33 bits per heavy atom. The first-order chi connectivity index (χ1) is 11.3. The minimum Gasteiger partial charge on any atom is -0.459 e. The highest BCUT2D eigenvalue weighted by atomic mass is 35.5. The largest absolute Gasteiger partial charge is 0.459 e. The Labute approximate surface area is 151 Å². The third kappa shape index (κ3) is 4.02. The highest BCUT2D eigenvalue weighted by Crippen LogP contribution is 2.36. The number of benzene rings is 1. The van der Waals surface area contributed by atoms with Gasteiger partial charge in [0.25, 0.3) is 0 Å². The molecule has 2 N–H and O–H groups in total. The average molecular weight is 371 g/mol. The molecule has 1 unspecified atom stereocenters. The van der Waals surface area contributed by atoms with E-state index in [1.165, 1.54) is 0 Å². The van der Waals surface area contributed by atoms with Crippen LogP contribution in [0.2, 0.25) is 10.0 Å². The maximum Gasteiger partial charge on any atom is 0.338 e. The number of carbonyl (C=O) groups is 2. The molecule has 1 aliphatic rings. The minimum absolute atomic E-state index is 0.277. The Morgan fingerprint density at radius 2 is 2.04 bits per heavy atom. The topological polar surface area (TPSA) is 67.4 Å². The minimum atomic E-state index is -0.710. The first-order valence-electron chi connectivity index (χ1n) is 7.80. The zero-order chi connectivity index (χ0) is 17.9. The highest BCUT2D eigenvalue weighted by molar-refractivity contribution is 6.42. The number of nitrogens with one attached hydrogen (secondary N) is 2. The van der Waals surface area contributed by atoms with Crippen LogP contribution in [-0.2, 0) is 9.53 Å². The molecule has 24 heavy (non-hydrogen) atoms. The number of hydrogen-bond acceptors (Lipinski definition) is 3. The van der Waals surface area contributed by atoms with E-state index in [2.05, 4.69) is 10.6 Å². The molecule has 2 rings (SSSR count). The van der Waals surface area contributed by atoms with Gasteiger partial charge < -0.3 is 15.4 Å². The summed E-state index contributed by atoms with van der Waals surface area (Å²) in [7, 11) is 0. The van der Waals surface area contributed by atoms with Crippen LogP contribution in [0.4, 0.5) is 4.79 Å². The fraction of sp³-hybridized carbons (Fsp3) is 0.412. The van der Waals surface area contributed by atoms with E-state index in [-0.39, 0.29) is 12.1 Å². The first-order valence-corrected chi connectivity index (χ1v) is 8.56. The van der Waals surface area contributed by atoms with Crippen molar-refractivity contribution in [3.05, 3.63) is 45.1 Å². The van der Waals surface area contributed by atoms with Crippen LogP contribution >= 0.6 is 23.2 Å². The van der Waals surface area contributed by atoms with Crippen molar-refractivity contribution in [3.63, 3.8) is 0 Å². The molecular weight excluding hydrogens is 351 g/mol. The fourth-order valence-electron chi connectivity index (χ4n) is 2.56. The van der Waals surface area contributed by atoms with Crippen molar-refractivity contribution in [2.45, 2.75) is 45.8 Å². The molecule has 7 heteroatoms. The third-order valence-electron chi connectivity index (χ3n) is 3.51. The molecule has 0 spiro atoms. The molecule has 2 amide bonds. The van der Waals surface area contributed by atoms with Crippen LogP contribution in [0.3, 0.4) is 0 Å². The van der Waals surface area contributed by atoms with Gasteiger partial charge in [-0.1, -0.05) is 48.7 Å². The van der Waals surface area contributed by atoms with E-state index in [4.69, 9.17) is 27.9 Å². The fourth-order valence-corrected chi connectivity index (χ4v) is 2.98. The van der Waals surface area contributed by atoms with Gasteiger partial charge in [-0.25, -0.2) is 9.59 Å². The SMILES string of the molecule is CCCC1=C(C(=O)OC(C)C)C(c2cccc(Cl)c2Cl)NC(=O)N1. The van der Waals surface area contributed by atoms with E-state index in [0.717, 1.165) is 6.42 Å². The van der Waals surface area contributed by atoms with E-state index in [9.17, 15) is 9.59 Å². The lowest BCUT2D eigenvalue weighted by atomic mass is 9.93. The maximum absolute atomic E-state index is 12.6. The zero-order valence-corrected chi connectivity index (χ0v) is 15.3. The van der Waals surface area contributed by atoms with Gasteiger partial charge in [0.15, 0.2) is 0 Å². The lowest BCUT2D eigenvalue weighted by Crippen LogP contribution is -2.46. The monoisotopic (exact) mass is 370 g/mol. The molecule has 1 heterocycles. The van der Waals surface area contributed by atoms with Crippen LogP contribution in [0, 0.1) is 0 Å². The summed E-state index contributed by atoms with van der Waals surface area (Å²) in [6.45, 7) is 5.51. The number of hydrogen-bond donors (Lipinski definition) is 2. The van der Waals surface area contributed by atoms with Gasteiger partial charge in [-0.15, -0.1) is 0 Å². The smallest absolute Gasteiger partial charge is 0.338 e. The summed E-state index contributed by atoms with van der Waals surface area (Å²) in [6, 6.07) is 4.01. The van der Waals surface area contributed by atoms with Gasteiger partial charge in [-0.3, -0.25) is 0 Å². The molecule has 1 atom stereocenters. The number of halogens is 2. The summed E-state index contributed by atoms with van der Waals surface area (Å²) < 4.78 is 5.36. The van der Waals surface area contributed by atoms with Crippen LogP contribution in [-0.4, -0.2) is 18.1 Å². The van der Waals surface area contributed by atoms with Crippen molar-refractivity contribution in [1.82, 2.24) is 10.6 Å². The van der Waals surface area contributed by atoms with Gasteiger partial charge in [0, 0.05) is 5.70 Å². The van der Waals surface area contributed by atoms with Crippen molar-refractivity contribution in [1.29, 1.82) is 0 Å². The predicted octanol–water partition coefficient (Wildman–Crippen LogP) is 4.35. The van der Waals surface area contributed by atoms with Crippen molar-refractivity contribution in [2.24, 2.45) is 0 Å². The summed E-state index contributed by atoms with van der Waals surface area (Å²) in [5.41, 5.74) is 1.46. The Morgan fingerprint density at radius 3 is 2.67 bits per heavy atom. The molecule has 0 aliphatic carbocycles. The molecule has 0 saturated carbocycles. The second kappa shape index (κ2) is 7.90. The Kier molecular flexibility index (Phi) is 6.13. The van der Waals surface area contributed by atoms with E-state index in [0.29, 0.717) is 33.3 Å². The van der Waals surface area contributed by atoms with Crippen LogP contribution in [0.1, 0.15) is 45.2 Å². The van der Waals surface area contributed by atoms with Crippen LogP contribution in [0.15, 0.2) is 29.5 Å². The Balaban J connectivity index is 2.56. The number of urea groups is 1. The summed E-state index contributed by atoms with van der Waals surface area (Å²) in [5, 5.41) is 6.11. The second-order valence-electron chi connectivity index (χ2n) is 5.77. The molecule has 0 radical (unpaired) electrons. The molecular formula is C17H20Cl2N2O3. The van der Waals surface area contributed by atoms with Crippen molar-refractivity contribution in [2.75, 3.05) is 0 Å². The lowest BCUT2D eigenvalue weighted by molar-refractivity contribution is -0.143. The number of allylic oxidation sites excluding steroid dienone is 1. The van der Waals surface area contributed by atoms with Crippen LogP contribution < -0.4 is 10.6 Å². The molecule has 1 aromatic rings. The van der Waals surface area contributed by atoms with Crippen molar-refractivity contribution < 1.29 is 14.3 Å². The van der Waals surface area contributed by atoms with E-state index >= 15 is 0 Å². The van der Waals surface area contributed by atoms with Crippen molar-refractivity contribution in [3.8, 4) is 0 Å². The number of amides is 2. The molecule has 5 nitrogen and oxygen atoms in total. The standard InChI is InChI=1S/C17H20Cl2N2O3/c1-4-6-12-13(16(22)24-9(2)3)15(21-17(23)20-12)10-7-5-8-11(18)14(10)19/h5,7-9,15H,4,6H2,1-3H3,(H2,20,21,23). The quantitative estimate of drug-likeness (QED) is 0.756. The summed E-state index contributed by atoms with van der Waals surface area (Å²) in [6.07, 6.45) is 1.04. The van der Waals surface area contributed by atoms with E-state index in [1.807, 2.05) is 6.92 Å². The Bertz CT molecular complexity index is 686. The van der Waals surface area contributed by atoms with E-state index < -0.39 is 12.0 Å². The molecule has 1 aromatic carbocycles. The highest BCUT2D eigenvalue weighted by Gasteiger charge is 2.35. The van der Waals surface area contributed by atoms with Gasteiger partial charge in [-0.2, -0.15) is 0 Å². The number of ether oxygens (including phenoxy) is 1. The maximum atomic E-state index is 12.6. The zero-order valence-electron chi connectivity index (χ0n) is 13.8. The third-order valence-corrected chi connectivity index (χ3v) is 4.34. The van der Waals surface area contributed by atoms with Gasteiger partial charge in [0.2, 0.25) is 0 Å². The van der Waals surface area contributed by atoms with Gasteiger partial charge >= 0.3 is 12.0 Å². The first kappa shape index (κ1) is 18.6. The Hall–Kier alpha value is -1.72. The lowest BCUT2D eigenvalue weighted by Gasteiger charge is -2.30. The number of rotatable bonds is 5. The molecule has 1 aliphatic heterocycles. The average Bonchev–Trinajstić information content (AvgIpc) is 2.49.